The summed E-state index contributed by atoms with van der Waals surface area (Å²) in [5, 5.41) is 8.54. The van der Waals surface area contributed by atoms with Crippen molar-refractivity contribution < 1.29 is 4.42 Å². The third-order valence-electron chi connectivity index (χ3n) is 10.3. The van der Waals surface area contributed by atoms with Crippen LogP contribution in [0, 0.1) is 0 Å². The number of hydrogen-bond acceptors (Lipinski definition) is 2. The first-order valence-corrected chi connectivity index (χ1v) is 17.7. The number of allylic oxidation sites excluding steroid dienone is 4. The molecule has 0 unspecified atom stereocenters. The van der Waals surface area contributed by atoms with Crippen LogP contribution in [-0.4, -0.2) is 4.57 Å². The van der Waals surface area contributed by atoms with E-state index in [1.54, 1.807) is 0 Å². The number of para-hydroxylation sites is 2. The monoisotopic (exact) mass is 654 g/mol. The Balaban J connectivity index is 0.948. The van der Waals surface area contributed by atoms with Crippen molar-refractivity contribution in [3.05, 3.63) is 176 Å². The summed E-state index contributed by atoms with van der Waals surface area (Å²) >= 11 is 0. The van der Waals surface area contributed by atoms with Crippen molar-refractivity contribution in [1.29, 1.82) is 0 Å². The minimum absolute atomic E-state index is 0.896. The minimum Gasteiger partial charge on any atom is -0.455 e. The second-order valence-electron chi connectivity index (χ2n) is 13.3. The van der Waals surface area contributed by atoms with Crippen molar-refractivity contribution in [2.24, 2.45) is 0 Å². The molecule has 0 saturated carbocycles. The average molecular weight is 655 g/mol. The van der Waals surface area contributed by atoms with Crippen LogP contribution in [0.15, 0.2) is 180 Å². The zero-order chi connectivity index (χ0) is 33.7. The molecule has 0 spiro atoms. The van der Waals surface area contributed by atoms with Crippen LogP contribution < -0.4 is 5.32 Å². The number of aromatic nitrogens is 1. The molecule has 0 saturated heterocycles. The lowest BCUT2D eigenvalue weighted by molar-refractivity contribution is 0.670. The van der Waals surface area contributed by atoms with Gasteiger partial charge in [0.05, 0.1) is 16.7 Å². The third kappa shape index (κ3) is 5.05. The van der Waals surface area contributed by atoms with E-state index >= 15 is 0 Å². The predicted octanol–water partition coefficient (Wildman–Crippen LogP) is 13.6. The summed E-state index contributed by atoms with van der Waals surface area (Å²) in [7, 11) is 0. The Bertz CT molecular complexity index is 2800. The Kier molecular flexibility index (Phi) is 6.95. The van der Waals surface area contributed by atoms with E-state index in [0.717, 1.165) is 57.3 Å². The number of benzene rings is 7. The normalized spacial score (nSPS) is 13.0. The van der Waals surface area contributed by atoms with Crippen molar-refractivity contribution in [3.8, 4) is 33.4 Å². The highest BCUT2D eigenvalue weighted by Gasteiger charge is 2.17. The maximum atomic E-state index is 6.46. The molecule has 51 heavy (non-hydrogen) atoms. The highest BCUT2D eigenvalue weighted by atomic mass is 16.3. The molecule has 242 valence electrons. The quantitative estimate of drug-likeness (QED) is 0.193. The molecule has 0 radical (unpaired) electrons. The number of anilines is 2. The Hall–Kier alpha value is -6.58. The molecule has 1 aliphatic carbocycles. The van der Waals surface area contributed by atoms with Crippen molar-refractivity contribution in [2.75, 3.05) is 5.32 Å². The van der Waals surface area contributed by atoms with Crippen molar-refractivity contribution in [1.82, 2.24) is 4.57 Å². The Morgan fingerprint density at radius 1 is 0.510 bits per heavy atom. The summed E-state index contributed by atoms with van der Waals surface area (Å²) in [5.74, 6) is 0. The summed E-state index contributed by atoms with van der Waals surface area (Å²) in [6, 6.07) is 56.4. The van der Waals surface area contributed by atoms with Crippen LogP contribution in [0.3, 0.4) is 0 Å². The Morgan fingerprint density at radius 2 is 1.18 bits per heavy atom. The smallest absolute Gasteiger partial charge is 0.145 e. The molecule has 9 aromatic rings. The molecule has 0 amide bonds. The fourth-order valence-corrected chi connectivity index (χ4v) is 7.78. The van der Waals surface area contributed by atoms with E-state index in [9.17, 15) is 0 Å². The van der Waals surface area contributed by atoms with E-state index in [0.29, 0.717) is 0 Å². The van der Waals surface area contributed by atoms with E-state index in [-0.39, 0.29) is 0 Å². The maximum Gasteiger partial charge on any atom is 0.145 e. The predicted molar refractivity (Wildman–Crippen MR) is 215 cm³/mol. The molecule has 2 aromatic heterocycles. The SMILES string of the molecule is C1=CCCC(n2c3ccccc3c3cc(-c4ccc(-c5ccc(Nc6ccc7c(oc8ccccc87)c6-c6ccccc6)cc5)cc4)ccc32)=C1. The average Bonchev–Trinajstić information content (AvgIpc) is 3.74. The third-order valence-corrected chi connectivity index (χ3v) is 10.3. The van der Waals surface area contributed by atoms with Gasteiger partial charge in [-0.05, 0) is 95.3 Å². The number of nitrogens with zero attached hydrogens (tertiary/aromatic N) is 1. The van der Waals surface area contributed by atoms with Crippen molar-refractivity contribution in [2.45, 2.75) is 12.8 Å². The zero-order valence-corrected chi connectivity index (χ0v) is 28.0. The van der Waals surface area contributed by atoms with Crippen LogP contribution >= 0.6 is 0 Å². The van der Waals surface area contributed by atoms with Gasteiger partial charge in [-0.1, -0.05) is 121 Å². The van der Waals surface area contributed by atoms with Gasteiger partial charge in [-0.2, -0.15) is 0 Å². The van der Waals surface area contributed by atoms with Crippen LogP contribution in [0.5, 0.6) is 0 Å². The second-order valence-corrected chi connectivity index (χ2v) is 13.3. The first-order valence-electron chi connectivity index (χ1n) is 17.7. The van der Waals surface area contributed by atoms with Crippen molar-refractivity contribution >= 4 is 60.8 Å². The topological polar surface area (TPSA) is 30.1 Å². The largest absolute Gasteiger partial charge is 0.455 e. The molecular weight excluding hydrogens is 621 g/mol. The van der Waals surface area contributed by atoms with Crippen molar-refractivity contribution in [3.63, 3.8) is 0 Å². The van der Waals surface area contributed by atoms with Crippen LogP contribution in [0.4, 0.5) is 11.4 Å². The molecule has 1 aliphatic rings. The fraction of sp³-hybridized carbons (Fsp3) is 0.0417. The fourth-order valence-electron chi connectivity index (χ4n) is 7.78. The highest BCUT2D eigenvalue weighted by molar-refractivity contribution is 6.13. The zero-order valence-electron chi connectivity index (χ0n) is 28.0. The Labute approximate surface area is 296 Å². The van der Waals surface area contributed by atoms with Gasteiger partial charge < -0.3 is 14.3 Å². The lowest BCUT2D eigenvalue weighted by Gasteiger charge is -2.14. The molecule has 0 atom stereocenters. The van der Waals surface area contributed by atoms with Gasteiger partial charge in [-0.15, -0.1) is 0 Å². The summed E-state index contributed by atoms with van der Waals surface area (Å²) in [6.07, 6.45) is 8.82. The molecule has 2 heterocycles. The lowest BCUT2D eigenvalue weighted by atomic mass is 9.98. The number of nitrogens with one attached hydrogen (secondary N) is 1. The molecule has 3 nitrogen and oxygen atoms in total. The van der Waals surface area contributed by atoms with E-state index in [2.05, 4.69) is 168 Å². The molecule has 10 rings (SSSR count). The molecule has 0 aliphatic heterocycles. The second kappa shape index (κ2) is 12.1. The van der Waals surface area contributed by atoms with Crippen LogP contribution in [0.1, 0.15) is 12.8 Å². The summed E-state index contributed by atoms with van der Waals surface area (Å²) in [5.41, 5.74) is 14.7. The number of rotatable bonds is 6. The van der Waals surface area contributed by atoms with E-state index < -0.39 is 0 Å². The highest BCUT2D eigenvalue weighted by Crippen LogP contribution is 2.42. The van der Waals surface area contributed by atoms with Gasteiger partial charge in [0.25, 0.3) is 0 Å². The van der Waals surface area contributed by atoms with Gasteiger partial charge in [0, 0.05) is 38.5 Å². The summed E-state index contributed by atoms with van der Waals surface area (Å²) < 4.78 is 8.90. The van der Waals surface area contributed by atoms with Gasteiger partial charge in [-0.3, -0.25) is 0 Å². The number of fused-ring (bicyclic) bond motifs is 6. The van der Waals surface area contributed by atoms with Gasteiger partial charge in [0.1, 0.15) is 11.2 Å². The van der Waals surface area contributed by atoms with E-state index in [1.165, 1.54) is 49.8 Å². The molecule has 3 heteroatoms. The van der Waals surface area contributed by atoms with Gasteiger partial charge in [0.15, 0.2) is 0 Å². The van der Waals surface area contributed by atoms with Crippen LogP contribution in [0.2, 0.25) is 0 Å². The van der Waals surface area contributed by atoms with E-state index in [4.69, 9.17) is 4.42 Å². The van der Waals surface area contributed by atoms with Gasteiger partial charge >= 0.3 is 0 Å². The van der Waals surface area contributed by atoms with Crippen LogP contribution in [-0.2, 0) is 0 Å². The van der Waals surface area contributed by atoms with Gasteiger partial charge in [-0.25, -0.2) is 0 Å². The first kappa shape index (κ1) is 29.3. The summed E-state index contributed by atoms with van der Waals surface area (Å²) in [4.78, 5) is 0. The number of furan rings is 1. The molecule has 0 fully saturated rings. The molecule has 0 bridgehead atoms. The van der Waals surface area contributed by atoms with E-state index in [1.807, 2.05) is 18.2 Å². The summed E-state index contributed by atoms with van der Waals surface area (Å²) in [6.45, 7) is 0. The maximum absolute atomic E-state index is 6.46. The van der Waals surface area contributed by atoms with Gasteiger partial charge in [0.2, 0.25) is 0 Å². The molecule has 7 aromatic carbocycles. The standard InChI is InChI=1S/C48H34N2O/c1-3-11-35(12-4-1)47-43(29-28-41-40-16-8-10-18-46(40)51-48(41)47)49-37-26-23-33(24-27-37)32-19-21-34(22-20-32)36-25-30-45-42(31-36)39-15-7-9-17-44(39)50(45)38-13-5-2-6-14-38/h1-5,7-13,15-31,49H,6,14H2. The molecule has 1 N–H and O–H groups in total. The Morgan fingerprint density at radius 3 is 1.96 bits per heavy atom. The number of hydrogen-bond donors (Lipinski definition) is 1. The lowest BCUT2D eigenvalue weighted by Crippen LogP contribution is -1.98. The van der Waals surface area contributed by atoms with Crippen LogP contribution in [0.25, 0.3) is 82.8 Å². The minimum atomic E-state index is 0.896. The molecular formula is C48H34N2O. The first-order chi connectivity index (χ1) is 25.3.